The van der Waals surface area contributed by atoms with Gasteiger partial charge in [0.1, 0.15) is 5.82 Å². The molecule has 0 atom stereocenters. The molecule has 2 rings (SSSR count). The summed E-state index contributed by atoms with van der Waals surface area (Å²) in [5, 5.41) is 3.04. The summed E-state index contributed by atoms with van der Waals surface area (Å²) in [5.74, 6) is 0.198. The highest BCUT2D eigenvalue weighted by molar-refractivity contribution is 7.98. The molecule has 0 unspecified atom stereocenters. The molecule has 1 aromatic carbocycles. The van der Waals surface area contributed by atoms with E-state index in [9.17, 15) is 4.39 Å². The Balaban J connectivity index is 2.82. The second kappa shape index (κ2) is 4.09. The van der Waals surface area contributed by atoms with Crippen LogP contribution in [0.15, 0.2) is 22.4 Å². The summed E-state index contributed by atoms with van der Waals surface area (Å²) < 4.78 is 14.5. The van der Waals surface area contributed by atoms with E-state index in [1.54, 1.807) is 17.4 Å². The fraction of sp³-hybridized carbons (Fsp3) is 0.200. The molecule has 0 saturated heterocycles. The number of hydrogen-bond donors (Lipinski definition) is 0. The van der Waals surface area contributed by atoms with Crippen molar-refractivity contribution in [3.8, 4) is 0 Å². The minimum atomic E-state index is -0.164. The van der Waals surface area contributed by atoms with E-state index in [0.717, 1.165) is 15.6 Å². The number of thiophene rings is 1. The maximum Gasteiger partial charge on any atom is 0.138 e. The summed E-state index contributed by atoms with van der Waals surface area (Å²) in [6.07, 6.45) is 1.87. The number of fused-ring (bicyclic) bond motifs is 1. The van der Waals surface area contributed by atoms with Gasteiger partial charge in [-0.2, -0.15) is 0 Å². The van der Waals surface area contributed by atoms with Crippen molar-refractivity contribution in [2.75, 3.05) is 6.26 Å². The van der Waals surface area contributed by atoms with Gasteiger partial charge in [-0.25, -0.2) is 4.39 Å². The Labute approximate surface area is 95.1 Å². The highest BCUT2D eigenvalue weighted by Gasteiger charge is 2.12. The molecule has 0 nitrogen and oxygen atoms in total. The van der Waals surface area contributed by atoms with Crippen LogP contribution in [0.1, 0.15) is 5.56 Å². The van der Waals surface area contributed by atoms with Crippen LogP contribution in [0.25, 0.3) is 10.1 Å². The van der Waals surface area contributed by atoms with Crippen LogP contribution < -0.4 is 0 Å². The third kappa shape index (κ3) is 1.53. The van der Waals surface area contributed by atoms with Crippen molar-refractivity contribution < 1.29 is 4.39 Å². The molecule has 0 radical (unpaired) electrons. The van der Waals surface area contributed by atoms with Crippen LogP contribution >= 0.6 is 34.7 Å². The van der Waals surface area contributed by atoms with Gasteiger partial charge in [-0.3, -0.25) is 0 Å². The third-order valence-electron chi connectivity index (χ3n) is 2.11. The molecule has 0 amide bonds. The van der Waals surface area contributed by atoms with Crippen LogP contribution in [-0.4, -0.2) is 6.26 Å². The van der Waals surface area contributed by atoms with E-state index in [4.69, 9.17) is 11.6 Å². The third-order valence-corrected chi connectivity index (χ3v) is 4.09. The first kappa shape index (κ1) is 10.3. The standard InChI is InChI=1S/C10H8ClFS2/c1-13-10-7(5-11)6-2-3-14-9(6)4-8(10)12/h2-4H,5H2,1H3. The summed E-state index contributed by atoms with van der Waals surface area (Å²) in [6, 6.07) is 3.58. The van der Waals surface area contributed by atoms with Crippen LogP contribution in [0.5, 0.6) is 0 Å². The molecule has 74 valence electrons. The molecule has 0 fully saturated rings. The molecule has 2 aromatic rings. The van der Waals surface area contributed by atoms with E-state index in [2.05, 4.69) is 0 Å². The number of thioether (sulfide) groups is 1. The van der Waals surface area contributed by atoms with Gasteiger partial charge >= 0.3 is 0 Å². The molecule has 0 aliphatic heterocycles. The van der Waals surface area contributed by atoms with Crippen molar-refractivity contribution in [3.63, 3.8) is 0 Å². The summed E-state index contributed by atoms with van der Waals surface area (Å²) in [7, 11) is 0. The largest absolute Gasteiger partial charge is 0.206 e. The second-order valence-corrected chi connectivity index (χ2v) is 4.87. The van der Waals surface area contributed by atoms with Gasteiger partial charge in [-0.1, -0.05) is 0 Å². The fourth-order valence-electron chi connectivity index (χ4n) is 1.48. The number of rotatable bonds is 2. The second-order valence-electron chi connectivity index (χ2n) is 2.84. The average molecular weight is 247 g/mol. The molecular formula is C10H8ClFS2. The van der Waals surface area contributed by atoms with Gasteiger partial charge < -0.3 is 0 Å². The lowest BCUT2D eigenvalue weighted by atomic mass is 10.1. The molecule has 0 aliphatic rings. The van der Waals surface area contributed by atoms with Crippen molar-refractivity contribution >= 4 is 44.8 Å². The lowest BCUT2D eigenvalue weighted by Gasteiger charge is -2.07. The predicted molar refractivity (Wildman–Crippen MR) is 63.1 cm³/mol. The zero-order valence-corrected chi connectivity index (χ0v) is 9.90. The minimum absolute atomic E-state index is 0.164. The quantitative estimate of drug-likeness (QED) is 0.555. The normalized spacial score (nSPS) is 11.1. The van der Waals surface area contributed by atoms with Gasteiger partial charge in [0.05, 0.1) is 0 Å². The monoisotopic (exact) mass is 246 g/mol. The Bertz CT molecular complexity index is 464. The highest BCUT2D eigenvalue weighted by Crippen LogP contribution is 2.34. The fourth-order valence-corrected chi connectivity index (χ4v) is 3.36. The van der Waals surface area contributed by atoms with E-state index >= 15 is 0 Å². The Hall–Kier alpha value is -0.250. The summed E-state index contributed by atoms with van der Waals surface area (Å²) in [5.41, 5.74) is 0.912. The van der Waals surface area contributed by atoms with Crippen molar-refractivity contribution in [1.29, 1.82) is 0 Å². The molecule has 14 heavy (non-hydrogen) atoms. The van der Waals surface area contributed by atoms with Gasteiger partial charge in [-0.15, -0.1) is 34.7 Å². The summed E-state index contributed by atoms with van der Waals surface area (Å²) in [6.45, 7) is 0. The molecule has 4 heteroatoms. The zero-order valence-electron chi connectivity index (χ0n) is 7.51. The highest BCUT2D eigenvalue weighted by atomic mass is 35.5. The Morgan fingerprint density at radius 2 is 2.36 bits per heavy atom. The maximum absolute atomic E-state index is 13.6. The average Bonchev–Trinajstić information content (AvgIpc) is 2.62. The van der Waals surface area contributed by atoms with E-state index in [1.807, 2.05) is 17.7 Å². The Morgan fingerprint density at radius 1 is 1.57 bits per heavy atom. The first-order valence-corrected chi connectivity index (χ1v) is 6.70. The van der Waals surface area contributed by atoms with Crippen LogP contribution in [0.3, 0.4) is 0 Å². The lowest BCUT2D eigenvalue weighted by molar-refractivity contribution is 0.602. The van der Waals surface area contributed by atoms with E-state index < -0.39 is 0 Å². The molecule has 0 N–H and O–H groups in total. The maximum atomic E-state index is 13.6. The van der Waals surface area contributed by atoms with Crippen molar-refractivity contribution in [3.05, 3.63) is 28.9 Å². The number of halogens is 2. The zero-order chi connectivity index (χ0) is 10.1. The first-order chi connectivity index (χ1) is 6.77. The van der Waals surface area contributed by atoms with Gasteiger partial charge in [0.25, 0.3) is 0 Å². The number of benzene rings is 1. The molecule has 1 aromatic heterocycles. The smallest absolute Gasteiger partial charge is 0.138 e. The van der Waals surface area contributed by atoms with Gasteiger partial charge in [-0.05, 0) is 34.7 Å². The van der Waals surface area contributed by atoms with E-state index in [1.165, 1.54) is 11.8 Å². The van der Waals surface area contributed by atoms with Gasteiger partial charge in [0.2, 0.25) is 0 Å². The Kier molecular flexibility index (Phi) is 3.00. The SMILES string of the molecule is CSc1c(F)cc2sccc2c1CCl. The molecule has 0 aliphatic carbocycles. The number of alkyl halides is 1. The Morgan fingerprint density at radius 3 is 3.00 bits per heavy atom. The van der Waals surface area contributed by atoms with Crippen LogP contribution in [0.4, 0.5) is 4.39 Å². The topological polar surface area (TPSA) is 0 Å². The van der Waals surface area contributed by atoms with Crippen LogP contribution in [0.2, 0.25) is 0 Å². The summed E-state index contributed by atoms with van der Waals surface area (Å²) >= 11 is 8.80. The molecule has 1 heterocycles. The van der Waals surface area contributed by atoms with Crippen LogP contribution in [-0.2, 0) is 5.88 Å². The number of hydrogen-bond acceptors (Lipinski definition) is 2. The van der Waals surface area contributed by atoms with Gasteiger partial charge in [0.15, 0.2) is 0 Å². The lowest BCUT2D eigenvalue weighted by Crippen LogP contribution is -1.89. The summed E-state index contributed by atoms with van der Waals surface area (Å²) in [4.78, 5) is 0.672. The minimum Gasteiger partial charge on any atom is -0.206 e. The van der Waals surface area contributed by atoms with Gasteiger partial charge in [0, 0.05) is 15.5 Å². The molecule has 0 saturated carbocycles. The first-order valence-electron chi connectivity index (χ1n) is 4.06. The van der Waals surface area contributed by atoms with E-state index in [0.29, 0.717) is 10.8 Å². The van der Waals surface area contributed by atoms with Crippen molar-refractivity contribution in [1.82, 2.24) is 0 Å². The molecule has 0 spiro atoms. The van der Waals surface area contributed by atoms with Crippen molar-refractivity contribution in [2.24, 2.45) is 0 Å². The molecule has 0 bridgehead atoms. The molecular weight excluding hydrogens is 239 g/mol. The van der Waals surface area contributed by atoms with E-state index in [-0.39, 0.29) is 5.82 Å². The predicted octanol–water partition coefficient (Wildman–Crippen LogP) is 4.50. The van der Waals surface area contributed by atoms with Crippen LogP contribution in [0, 0.1) is 5.82 Å². The van der Waals surface area contributed by atoms with Crippen molar-refractivity contribution in [2.45, 2.75) is 10.8 Å².